The number of halogens is 1. The number of likely N-dealkylation sites (N-methyl/N-ethyl adjacent to an activating group) is 1. The van der Waals surface area contributed by atoms with E-state index in [0.717, 1.165) is 6.54 Å². The molecule has 0 amide bonds. The number of rotatable bonds is 7. The average molecular weight is 312 g/mol. The molecular weight excluding hydrogens is 290 g/mol. The van der Waals surface area contributed by atoms with Crippen LogP contribution in [0.4, 0.5) is 11.4 Å². The normalized spacial score (nSPS) is 14.3. The average Bonchev–Trinajstić information content (AvgIpc) is 3.25. The second-order valence-electron chi connectivity index (χ2n) is 5.28. The number of anilines is 2. The van der Waals surface area contributed by atoms with E-state index < -0.39 is 5.97 Å². The van der Waals surface area contributed by atoms with Crippen LogP contribution in [0.5, 0.6) is 0 Å². The Hall–Kier alpha value is -1.46. The molecule has 0 unspecified atom stereocenters. The first-order chi connectivity index (χ1) is 10.0. The quantitative estimate of drug-likeness (QED) is 0.598. The maximum Gasteiger partial charge on any atom is 0.340 e. The largest absolute Gasteiger partial charge is 0.462 e. The summed E-state index contributed by atoms with van der Waals surface area (Å²) in [6, 6.07) is 3.94. The Balaban J connectivity index is 2.06. The zero-order chi connectivity index (χ0) is 15.4. The summed E-state index contributed by atoms with van der Waals surface area (Å²) in [7, 11) is 2.11. The maximum atomic E-state index is 12.0. The van der Waals surface area contributed by atoms with Gasteiger partial charge in [-0.3, -0.25) is 0 Å². The van der Waals surface area contributed by atoms with Crippen molar-refractivity contribution in [2.24, 2.45) is 0 Å². The molecule has 6 heteroatoms. The van der Waals surface area contributed by atoms with Gasteiger partial charge in [0.15, 0.2) is 0 Å². The number of carbonyl (C=O) groups excluding carboxylic acids is 1. The van der Waals surface area contributed by atoms with Gasteiger partial charge in [-0.2, -0.15) is 0 Å². The highest BCUT2D eigenvalue weighted by Gasteiger charge is 2.25. The Morgan fingerprint density at radius 2 is 2.24 bits per heavy atom. The first-order valence-corrected chi connectivity index (χ1v) is 7.61. The molecule has 1 fully saturated rings. The summed E-state index contributed by atoms with van der Waals surface area (Å²) in [6.45, 7) is 3.69. The molecule has 0 saturated heterocycles. The molecule has 0 radical (unpaired) electrons. The minimum absolute atomic E-state index is 0.315. The molecule has 1 aliphatic rings. The monoisotopic (exact) mass is 311 g/mol. The number of benzene rings is 1. The number of hydrogen-bond acceptors (Lipinski definition) is 5. The van der Waals surface area contributed by atoms with E-state index >= 15 is 0 Å². The van der Waals surface area contributed by atoms with Crippen molar-refractivity contribution < 1.29 is 9.53 Å². The van der Waals surface area contributed by atoms with E-state index in [0.29, 0.717) is 41.2 Å². The van der Waals surface area contributed by atoms with Crippen molar-refractivity contribution in [1.82, 2.24) is 4.90 Å². The molecule has 0 aliphatic heterocycles. The minimum atomic E-state index is -0.412. The summed E-state index contributed by atoms with van der Waals surface area (Å²) in [6.07, 6.45) is 2.54. The Kier molecular flexibility index (Phi) is 5.31. The number of nitrogen functional groups attached to an aromatic ring is 1. The highest BCUT2D eigenvalue weighted by molar-refractivity contribution is 6.34. The molecule has 0 spiro atoms. The number of ether oxygens (including phenoxy) is 1. The highest BCUT2D eigenvalue weighted by atomic mass is 35.5. The molecule has 5 nitrogen and oxygen atoms in total. The predicted molar refractivity (Wildman–Crippen MR) is 86.0 cm³/mol. The van der Waals surface area contributed by atoms with Crippen LogP contribution in [0.2, 0.25) is 5.02 Å². The fourth-order valence-corrected chi connectivity index (χ4v) is 2.53. The van der Waals surface area contributed by atoms with Gasteiger partial charge < -0.3 is 20.7 Å². The molecule has 3 N–H and O–H groups in total. The summed E-state index contributed by atoms with van der Waals surface area (Å²) in [5.74, 6) is -0.412. The van der Waals surface area contributed by atoms with Gasteiger partial charge in [-0.25, -0.2) is 4.79 Å². The van der Waals surface area contributed by atoms with Crippen LogP contribution in [0, 0.1) is 0 Å². The van der Waals surface area contributed by atoms with Crippen LogP contribution < -0.4 is 11.1 Å². The third kappa shape index (κ3) is 4.25. The van der Waals surface area contributed by atoms with Crippen molar-refractivity contribution in [3.63, 3.8) is 0 Å². The molecule has 0 heterocycles. The molecule has 0 aromatic heterocycles. The van der Waals surface area contributed by atoms with Gasteiger partial charge in [0.2, 0.25) is 0 Å². The van der Waals surface area contributed by atoms with E-state index in [1.54, 1.807) is 19.1 Å². The van der Waals surface area contributed by atoms with Crippen LogP contribution in [0.15, 0.2) is 12.1 Å². The fourth-order valence-electron chi connectivity index (χ4n) is 2.23. The van der Waals surface area contributed by atoms with Gasteiger partial charge in [-0.15, -0.1) is 0 Å². The molecule has 21 heavy (non-hydrogen) atoms. The van der Waals surface area contributed by atoms with Crippen LogP contribution >= 0.6 is 11.6 Å². The van der Waals surface area contributed by atoms with Crippen LogP contribution in [-0.2, 0) is 4.74 Å². The van der Waals surface area contributed by atoms with E-state index in [-0.39, 0.29) is 0 Å². The lowest BCUT2D eigenvalue weighted by molar-refractivity contribution is 0.0527. The van der Waals surface area contributed by atoms with Crippen LogP contribution in [0.3, 0.4) is 0 Å². The smallest absolute Gasteiger partial charge is 0.340 e. The lowest BCUT2D eigenvalue weighted by Crippen LogP contribution is -2.27. The van der Waals surface area contributed by atoms with E-state index in [1.165, 1.54) is 12.8 Å². The number of nitrogens with zero attached hydrogens (tertiary/aromatic N) is 1. The number of esters is 1. The van der Waals surface area contributed by atoms with Gasteiger partial charge >= 0.3 is 5.97 Å². The molecule has 116 valence electrons. The fraction of sp³-hybridized carbons (Fsp3) is 0.533. The van der Waals surface area contributed by atoms with Crippen molar-refractivity contribution in [2.75, 3.05) is 37.8 Å². The van der Waals surface area contributed by atoms with Gasteiger partial charge in [-0.1, -0.05) is 11.6 Å². The number of hydrogen-bond donors (Lipinski definition) is 2. The Bertz CT molecular complexity index is 518. The lowest BCUT2D eigenvalue weighted by Gasteiger charge is -2.18. The van der Waals surface area contributed by atoms with E-state index in [1.807, 2.05) is 0 Å². The van der Waals surface area contributed by atoms with Crippen molar-refractivity contribution >= 4 is 28.9 Å². The molecule has 1 aromatic rings. The molecule has 1 aromatic carbocycles. The zero-order valence-corrected chi connectivity index (χ0v) is 13.2. The second kappa shape index (κ2) is 7.00. The van der Waals surface area contributed by atoms with E-state index in [9.17, 15) is 4.79 Å². The van der Waals surface area contributed by atoms with Gasteiger partial charge in [0.1, 0.15) is 0 Å². The Morgan fingerprint density at radius 1 is 1.52 bits per heavy atom. The van der Waals surface area contributed by atoms with Crippen molar-refractivity contribution in [2.45, 2.75) is 25.8 Å². The van der Waals surface area contributed by atoms with Gasteiger partial charge in [0.05, 0.1) is 22.9 Å². The summed E-state index contributed by atoms with van der Waals surface area (Å²) in [5.41, 5.74) is 7.18. The van der Waals surface area contributed by atoms with Crippen LogP contribution in [0.25, 0.3) is 0 Å². The second-order valence-corrected chi connectivity index (χ2v) is 5.69. The van der Waals surface area contributed by atoms with Crippen molar-refractivity contribution in [3.05, 3.63) is 22.7 Å². The van der Waals surface area contributed by atoms with Crippen molar-refractivity contribution in [3.8, 4) is 0 Å². The summed E-state index contributed by atoms with van der Waals surface area (Å²) in [5, 5.41) is 3.67. The number of nitrogens with one attached hydrogen (secondary N) is 1. The Morgan fingerprint density at radius 3 is 2.86 bits per heavy atom. The first kappa shape index (κ1) is 15.9. The third-order valence-corrected chi connectivity index (χ3v) is 3.84. The van der Waals surface area contributed by atoms with Gasteiger partial charge in [0.25, 0.3) is 0 Å². The number of nitrogens with two attached hydrogens (primary N) is 1. The summed E-state index contributed by atoms with van der Waals surface area (Å²) >= 11 is 6.21. The van der Waals surface area contributed by atoms with E-state index in [2.05, 4.69) is 17.3 Å². The van der Waals surface area contributed by atoms with Crippen LogP contribution in [-0.4, -0.2) is 43.7 Å². The van der Waals surface area contributed by atoms with E-state index in [4.69, 9.17) is 22.1 Å². The topological polar surface area (TPSA) is 67.6 Å². The third-order valence-electron chi connectivity index (χ3n) is 3.54. The zero-order valence-electron chi connectivity index (χ0n) is 12.5. The SMILES string of the molecule is CCOC(=O)c1cc(N)cc(Cl)c1NCCN(C)C1CC1. The highest BCUT2D eigenvalue weighted by Crippen LogP contribution is 2.30. The maximum absolute atomic E-state index is 12.0. The predicted octanol–water partition coefficient (Wildman–Crippen LogP) is 2.61. The standard InChI is InChI=1S/C15H22ClN3O2/c1-3-21-15(20)12-8-10(17)9-13(16)14(12)18-6-7-19(2)11-4-5-11/h8-9,11,18H,3-7,17H2,1-2H3. The van der Waals surface area contributed by atoms with Crippen LogP contribution in [0.1, 0.15) is 30.1 Å². The van der Waals surface area contributed by atoms with Gasteiger partial charge in [0, 0.05) is 24.8 Å². The lowest BCUT2D eigenvalue weighted by atomic mass is 10.1. The molecule has 0 bridgehead atoms. The molecule has 2 rings (SSSR count). The summed E-state index contributed by atoms with van der Waals surface area (Å²) < 4.78 is 5.05. The van der Waals surface area contributed by atoms with Crippen molar-refractivity contribution in [1.29, 1.82) is 0 Å². The first-order valence-electron chi connectivity index (χ1n) is 7.23. The minimum Gasteiger partial charge on any atom is -0.462 e. The number of carbonyl (C=O) groups is 1. The molecular formula is C15H22ClN3O2. The summed E-state index contributed by atoms with van der Waals surface area (Å²) in [4.78, 5) is 14.3. The molecule has 1 aliphatic carbocycles. The molecule has 1 saturated carbocycles. The Labute approximate surface area is 130 Å². The van der Waals surface area contributed by atoms with Gasteiger partial charge in [-0.05, 0) is 38.9 Å². The molecule has 0 atom stereocenters.